The second-order valence-corrected chi connectivity index (χ2v) is 4.23. The Kier molecular flexibility index (Phi) is 4.69. The molecule has 0 spiro atoms. The molecular weight excluding hydrogens is 234 g/mol. The Balaban J connectivity index is 1.70. The van der Waals surface area contributed by atoms with Crippen molar-refractivity contribution in [3.8, 4) is 0 Å². The first kappa shape index (κ1) is 13.0. The fraction of sp³-hybridized carbons (Fsp3) is 0.462. The van der Waals surface area contributed by atoms with Gasteiger partial charge in [-0.3, -0.25) is 0 Å². The molecule has 1 heterocycles. The first-order valence-corrected chi connectivity index (χ1v) is 5.91. The third-order valence-corrected chi connectivity index (χ3v) is 2.75. The molecule has 0 unspecified atom stereocenters. The van der Waals surface area contributed by atoms with Crippen LogP contribution in [0.2, 0.25) is 0 Å². The molecule has 2 rings (SSSR count). The van der Waals surface area contributed by atoms with E-state index in [1.54, 1.807) is 0 Å². The second kappa shape index (κ2) is 6.49. The van der Waals surface area contributed by atoms with Gasteiger partial charge < -0.3 is 19.8 Å². The fourth-order valence-electron chi connectivity index (χ4n) is 1.72. The lowest BCUT2D eigenvalue weighted by molar-refractivity contribution is -0.0407. The normalized spacial score (nSPS) is 20.3. The minimum absolute atomic E-state index is 0.321. The molecule has 1 aliphatic rings. The zero-order valence-electron chi connectivity index (χ0n) is 10.0. The lowest BCUT2D eigenvalue weighted by Crippen LogP contribution is -2.29. The summed E-state index contributed by atoms with van der Waals surface area (Å²) >= 11 is 0. The Hall–Kier alpha value is -1.43. The van der Waals surface area contributed by atoms with E-state index in [2.05, 4.69) is 5.16 Å². The van der Waals surface area contributed by atoms with Crippen molar-refractivity contribution in [3.63, 3.8) is 0 Å². The average molecular weight is 251 g/mol. The van der Waals surface area contributed by atoms with E-state index >= 15 is 0 Å². The number of hydrogen-bond acceptors (Lipinski definition) is 5. The van der Waals surface area contributed by atoms with Crippen molar-refractivity contribution in [2.75, 3.05) is 13.2 Å². The minimum atomic E-state index is -0.889. The van der Waals surface area contributed by atoms with E-state index in [0.717, 1.165) is 11.3 Å². The van der Waals surface area contributed by atoms with E-state index < -0.39 is 12.2 Å². The summed E-state index contributed by atoms with van der Waals surface area (Å²) in [5, 5.41) is 22.0. The summed E-state index contributed by atoms with van der Waals surface area (Å²) in [7, 11) is 0. The van der Waals surface area contributed by atoms with Crippen LogP contribution in [0.25, 0.3) is 0 Å². The molecule has 5 nitrogen and oxygen atoms in total. The Labute approximate surface area is 106 Å². The lowest BCUT2D eigenvalue weighted by Gasteiger charge is -2.12. The van der Waals surface area contributed by atoms with Gasteiger partial charge in [0.15, 0.2) is 6.10 Å². The molecule has 18 heavy (non-hydrogen) atoms. The van der Waals surface area contributed by atoms with Crippen LogP contribution in [-0.4, -0.2) is 41.3 Å². The maximum atomic E-state index is 9.39. The number of rotatable bonds is 6. The van der Waals surface area contributed by atoms with Crippen LogP contribution in [0.5, 0.6) is 0 Å². The molecule has 1 aliphatic heterocycles. The second-order valence-electron chi connectivity index (χ2n) is 4.23. The molecular formula is C13H17NO4. The zero-order chi connectivity index (χ0) is 12.8. The molecule has 2 N–H and O–H groups in total. The van der Waals surface area contributed by atoms with E-state index in [0.29, 0.717) is 19.6 Å². The predicted molar refractivity (Wildman–Crippen MR) is 66.1 cm³/mol. The summed E-state index contributed by atoms with van der Waals surface area (Å²) in [6, 6.07) is 9.86. The Morgan fingerprint density at radius 3 is 2.83 bits per heavy atom. The maximum absolute atomic E-state index is 9.39. The SMILES string of the molecule is OC[C@@H](O)[C@@H]1CC(COCc2ccccc2)=NO1. The summed E-state index contributed by atoms with van der Waals surface area (Å²) < 4.78 is 5.51. The van der Waals surface area contributed by atoms with Gasteiger partial charge in [-0.15, -0.1) is 0 Å². The van der Waals surface area contributed by atoms with Crippen molar-refractivity contribution in [3.05, 3.63) is 35.9 Å². The Bertz CT molecular complexity index is 393. The molecule has 0 aromatic heterocycles. The standard InChI is InChI=1S/C13H17NO4/c15-7-12(16)13-6-11(14-18-13)9-17-8-10-4-2-1-3-5-10/h1-5,12-13,15-16H,6-9H2/t12-,13+/m1/s1. The van der Waals surface area contributed by atoms with Gasteiger partial charge in [-0.2, -0.15) is 0 Å². The molecule has 0 amide bonds. The third-order valence-electron chi connectivity index (χ3n) is 2.75. The topological polar surface area (TPSA) is 71.3 Å². The van der Waals surface area contributed by atoms with Crippen molar-refractivity contribution in [1.82, 2.24) is 0 Å². The molecule has 1 aromatic rings. The van der Waals surface area contributed by atoms with Gasteiger partial charge >= 0.3 is 0 Å². The van der Waals surface area contributed by atoms with Crippen LogP contribution in [-0.2, 0) is 16.2 Å². The summed E-state index contributed by atoms with van der Waals surface area (Å²) in [6.45, 7) is 0.578. The number of ether oxygens (including phenoxy) is 1. The minimum Gasteiger partial charge on any atom is -0.394 e. The maximum Gasteiger partial charge on any atom is 0.160 e. The van der Waals surface area contributed by atoms with Gasteiger partial charge in [0.2, 0.25) is 0 Å². The largest absolute Gasteiger partial charge is 0.394 e. The predicted octanol–water partition coefficient (Wildman–Crippen LogP) is 0.701. The van der Waals surface area contributed by atoms with Crippen LogP contribution >= 0.6 is 0 Å². The number of benzene rings is 1. The van der Waals surface area contributed by atoms with Gasteiger partial charge in [0.25, 0.3) is 0 Å². The van der Waals surface area contributed by atoms with Crippen molar-refractivity contribution in [2.24, 2.45) is 5.16 Å². The molecule has 0 saturated heterocycles. The smallest absolute Gasteiger partial charge is 0.160 e. The van der Waals surface area contributed by atoms with E-state index in [9.17, 15) is 5.11 Å². The highest BCUT2D eigenvalue weighted by molar-refractivity contribution is 5.86. The van der Waals surface area contributed by atoms with Crippen LogP contribution in [0.15, 0.2) is 35.5 Å². The van der Waals surface area contributed by atoms with Crippen LogP contribution in [0, 0.1) is 0 Å². The van der Waals surface area contributed by atoms with Gasteiger partial charge in [-0.25, -0.2) is 0 Å². The van der Waals surface area contributed by atoms with Crippen LogP contribution < -0.4 is 0 Å². The zero-order valence-corrected chi connectivity index (χ0v) is 10.0. The fourth-order valence-corrected chi connectivity index (χ4v) is 1.72. The summed E-state index contributed by atoms with van der Waals surface area (Å²) in [5.74, 6) is 0. The average Bonchev–Trinajstić information content (AvgIpc) is 2.88. The molecule has 0 fully saturated rings. The van der Waals surface area contributed by atoms with Gasteiger partial charge in [-0.05, 0) is 5.56 Å². The van der Waals surface area contributed by atoms with Crippen LogP contribution in [0.1, 0.15) is 12.0 Å². The van der Waals surface area contributed by atoms with Crippen molar-refractivity contribution in [2.45, 2.75) is 25.2 Å². The van der Waals surface area contributed by atoms with Gasteiger partial charge in [0.1, 0.15) is 6.10 Å². The first-order valence-electron chi connectivity index (χ1n) is 5.91. The quantitative estimate of drug-likeness (QED) is 0.780. The Morgan fingerprint density at radius 2 is 2.11 bits per heavy atom. The van der Waals surface area contributed by atoms with Crippen molar-refractivity contribution >= 4 is 5.71 Å². The van der Waals surface area contributed by atoms with Gasteiger partial charge in [0, 0.05) is 6.42 Å². The number of oxime groups is 1. The third kappa shape index (κ3) is 3.53. The number of nitrogens with zero attached hydrogens (tertiary/aromatic N) is 1. The Morgan fingerprint density at radius 1 is 1.33 bits per heavy atom. The number of aliphatic hydroxyl groups is 2. The highest BCUT2D eigenvalue weighted by atomic mass is 16.7. The van der Waals surface area contributed by atoms with Crippen molar-refractivity contribution < 1.29 is 19.8 Å². The summed E-state index contributed by atoms with van der Waals surface area (Å²) in [4.78, 5) is 5.02. The summed E-state index contributed by atoms with van der Waals surface area (Å²) in [5.41, 5.74) is 1.85. The van der Waals surface area contributed by atoms with Crippen LogP contribution in [0.3, 0.4) is 0 Å². The van der Waals surface area contributed by atoms with E-state index in [-0.39, 0.29) is 6.61 Å². The lowest BCUT2D eigenvalue weighted by atomic mass is 10.1. The van der Waals surface area contributed by atoms with Crippen molar-refractivity contribution in [1.29, 1.82) is 0 Å². The molecule has 2 atom stereocenters. The molecule has 98 valence electrons. The van der Waals surface area contributed by atoms with Gasteiger partial charge in [0.05, 0.1) is 25.5 Å². The molecule has 1 aromatic carbocycles. The molecule has 5 heteroatoms. The number of aliphatic hydroxyl groups excluding tert-OH is 2. The van der Waals surface area contributed by atoms with E-state index in [1.807, 2.05) is 30.3 Å². The van der Waals surface area contributed by atoms with E-state index in [1.165, 1.54) is 0 Å². The molecule has 0 saturated carbocycles. The summed E-state index contributed by atoms with van der Waals surface area (Å²) in [6.07, 6.45) is -0.845. The number of hydrogen-bond donors (Lipinski definition) is 2. The van der Waals surface area contributed by atoms with E-state index in [4.69, 9.17) is 14.7 Å². The molecule has 0 radical (unpaired) electrons. The highest BCUT2D eigenvalue weighted by Gasteiger charge is 2.27. The van der Waals surface area contributed by atoms with Gasteiger partial charge in [-0.1, -0.05) is 35.5 Å². The highest BCUT2D eigenvalue weighted by Crippen LogP contribution is 2.14. The monoisotopic (exact) mass is 251 g/mol. The first-order chi connectivity index (χ1) is 8.79. The molecule has 0 bridgehead atoms. The molecule has 0 aliphatic carbocycles. The van der Waals surface area contributed by atoms with Crippen LogP contribution in [0.4, 0.5) is 0 Å².